The summed E-state index contributed by atoms with van der Waals surface area (Å²) in [6, 6.07) is 0. The number of hydrogen-bond acceptors (Lipinski definition) is 4. The number of carbonyl (C=O) groups is 2. The molecule has 1 saturated heterocycles. The first-order valence-corrected chi connectivity index (χ1v) is 4.05. The molecule has 1 aliphatic heterocycles. The highest BCUT2D eigenvalue weighted by atomic mass is 16.5. The Balaban J connectivity index is 2.67. The maximum atomic E-state index is 11.1. The number of carboxylic acids is 1. The van der Waals surface area contributed by atoms with E-state index in [1.165, 1.54) is 7.11 Å². The van der Waals surface area contributed by atoms with Crippen LogP contribution in [0.1, 0.15) is 6.42 Å². The molecule has 5 nitrogen and oxygen atoms in total. The largest absolute Gasteiger partial charge is 0.481 e. The molecule has 0 bridgehead atoms. The van der Waals surface area contributed by atoms with Crippen LogP contribution in [0.5, 0.6) is 0 Å². The molecule has 1 fully saturated rings. The number of hydrogen-bond donors (Lipinski definition) is 1. The summed E-state index contributed by atoms with van der Waals surface area (Å²) in [7, 11) is 1.25. The third-order valence-electron chi connectivity index (χ3n) is 2.18. The highest BCUT2D eigenvalue weighted by Gasteiger charge is 2.37. The number of esters is 1. The van der Waals surface area contributed by atoms with Gasteiger partial charge in [0.1, 0.15) is 0 Å². The third-order valence-corrected chi connectivity index (χ3v) is 2.18. The summed E-state index contributed by atoms with van der Waals surface area (Å²) in [5, 5.41) is 8.79. The molecule has 5 heteroatoms. The van der Waals surface area contributed by atoms with Gasteiger partial charge in [0.25, 0.3) is 0 Å². The second-order valence-electron chi connectivity index (χ2n) is 2.94. The second-order valence-corrected chi connectivity index (χ2v) is 2.94. The lowest BCUT2D eigenvalue weighted by molar-refractivity contribution is -0.163. The summed E-state index contributed by atoms with van der Waals surface area (Å²) in [5.74, 6) is -2.79. The zero-order chi connectivity index (χ0) is 9.84. The van der Waals surface area contributed by atoms with E-state index in [0.717, 1.165) is 0 Å². The molecule has 1 N–H and O–H groups in total. The predicted molar refractivity (Wildman–Crippen MR) is 42.1 cm³/mol. The minimum absolute atomic E-state index is 0.143. The lowest BCUT2D eigenvalue weighted by Crippen LogP contribution is -2.38. The fourth-order valence-electron chi connectivity index (χ4n) is 1.42. The molecule has 0 amide bonds. The highest BCUT2D eigenvalue weighted by Crippen LogP contribution is 2.23. The molecular formula is C8H12O5. The van der Waals surface area contributed by atoms with Gasteiger partial charge in [-0.05, 0) is 6.42 Å². The molecule has 1 rings (SSSR count). The van der Waals surface area contributed by atoms with Crippen LogP contribution in [0.3, 0.4) is 0 Å². The van der Waals surface area contributed by atoms with E-state index in [1.54, 1.807) is 0 Å². The predicted octanol–water partition coefficient (Wildman–Crippen LogP) is -0.103. The van der Waals surface area contributed by atoms with Crippen LogP contribution >= 0.6 is 0 Å². The number of aliphatic carboxylic acids is 1. The average Bonchev–Trinajstić information content (AvgIpc) is 2.16. The molecule has 74 valence electrons. The van der Waals surface area contributed by atoms with Gasteiger partial charge in [0, 0.05) is 6.61 Å². The maximum absolute atomic E-state index is 11.1. The van der Waals surface area contributed by atoms with E-state index >= 15 is 0 Å². The van der Waals surface area contributed by atoms with Crippen molar-refractivity contribution in [2.45, 2.75) is 6.42 Å². The van der Waals surface area contributed by atoms with Crippen molar-refractivity contribution < 1.29 is 24.2 Å². The van der Waals surface area contributed by atoms with Crippen molar-refractivity contribution >= 4 is 11.9 Å². The van der Waals surface area contributed by atoms with Crippen LogP contribution < -0.4 is 0 Å². The van der Waals surface area contributed by atoms with Gasteiger partial charge < -0.3 is 14.6 Å². The van der Waals surface area contributed by atoms with Crippen LogP contribution in [0.4, 0.5) is 0 Å². The molecule has 2 unspecified atom stereocenters. The average molecular weight is 188 g/mol. The van der Waals surface area contributed by atoms with Gasteiger partial charge in [-0.25, -0.2) is 0 Å². The SMILES string of the molecule is COC(=O)C1COCCC1C(=O)O. The Morgan fingerprint density at radius 3 is 2.69 bits per heavy atom. The van der Waals surface area contributed by atoms with Crippen molar-refractivity contribution in [3.05, 3.63) is 0 Å². The lowest BCUT2D eigenvalue weighted by atomic mass is 9.88. The number of rotatable bonds is 2. The van der Waals surface area contributed by atoms with Gasteiger partial charge in [-0.1, -0.05) is 0 Å². The van der Waals surface area contributed by atoms with Crippen molar-refractivity contribution in [3.63, 3.8) is 0 Å². The van der Waals surface area contributed by atoms with E-state index in [2.05, 4.69) is 4.74 Å². The highest BCUT2D eigenvalue weighted by molar-refractivity contribution is 5.81. The van der Waals surface area contributed by atoms with Gasteiger partial charge in [-0.3, -0.25) is 9.59 Å². The van der Waals surface area contributed by atoms with Gasteiger partial charge in [-0.15, -0.1) is 0 Å². The van der Waals surface area contributed by atoms with Crippen LogP contribution in [0.15, 0.2) is 0 Å². The minimum Gasteiger partial charge on any atom is -0.481 e. The number of carbonyl (C=O) groups excluding carboxylic acids is 1. The molecule has 0 radical (unpaired) electrons. The van der Waals surface area contributed by atoms with E-state index in [0.29, 0.717) is 13.0 Å². The molecule has 0 saturated carbocycles. The van der Waals surface area contributed by atoms with Crippen molar-refractivity contribution in [2.75, 3.05) is 20.3 Å². The molecule has 1 heterocycles. The van der Waals surface area contributed by atoms with Gasteiger partial charge in [-0.2, -0.15) is 0 Å². The Kier molecular flexibility index (Phi) is 3.25. The molecule has 0 aliphatic carbocycles. The normalized spacial score (nSPS) is 28.1. The van der Waals surface area contributed by atoms with Crippen molar-refractivity contribution in [2.24, 2.45) is 11.8 Å². The van der Waals surface area contributed by atoms with Crippen LogP contribution in [-0.2, 0) is 19.1 Å². The summed E-state index contributed by atoms with van der Waals surface area (Å²) >= 11 is 0. The second kappa shape index (κ2) is 4.23. The van der Waals surface area contributed by atoms with Crippen molar-refractivity contribution in [1.82, 2.24) is 0 Å². The van der Waals surface area contributed by atoms with Crippen molar-refractivity contribution in [3.8, 4) is 0 Å². The zero-order valence-electron chi connectivity index (χ0n) is 7.36. The minimum atomic E-state index is -0.960. The number of methoxy groups -OCH3 is 1. The van der Waals surface area contributed by atoms with Gasteiger partial charge >= 0.3 is 11.9 Å². The molecule has 1 aliphatic rings. The van der Waals surface area contributed by atoms with E-state index in [4.69, 9.17) is 9.84 Å². The summed E-state index contributed by atoms with van der Waals surface area (Å²) in [6.45, 7) is 0.536. The lowest BCUT2D eigenvalue weighted by Gasteiger charge is -2.26. The monoisotopic (exact) mass is 188 g/mol. The van der Waals surface area contributed by atoms with Gasteiger partial charge in [0.05, 0.1) is 25.6 Å². The molecular weight excluding hydrogens is 176 g/mol. The Morgan fingerprint density at radius 2 is 2.15 bits per heavy atom. The van der Waals surface area contributed by atoms with E-state index in [1.807, 2.05) is 0 Å². The zero-order valence-corrected chi connectivity index (χ0v) is 7.36. The Bertz CT molecular complexity index is 213. The number of carboxylic acid groups (broad SMARTS) is 1. The first-order chi connectivity index (χ1) is 6.16. The third kappa shape index (κ3) is 2.18. The molecule has 0 aromatic heterocycles. The molecule has 0 aromatic rings. The summed E-state index contributed by atoms with van der Waals surface area (Å²) in [4.78, 5) is 21.8. The fraction of sp³-hybridized carbons (Fsp3) is 0.750. The van der Waals surface area contributed by atoms with E-state index in [9.17, 15) is 9.59 Å². The van der Waals surface area contributed by atoms with Crippen molar-refractivity contribution in [1.29, 1.82) is 0 Å². The Labute approximate surface area is 75.6 Å². The van der Waals surface area contributed by atoms with Crippen LogP contribution in [0, 0.1) is 11.8 Å². The smallest absolute Gasteiger partial charge is 0.311 e. The van der Waals surface area contributed by atoms with Crippen LogP contribution in [0.25, 0.3) is 0 Å². The molecule has 13 heavy (non-hydrogen) atoms. The Morgan fingerprint density at radius 1 is 1.46 bits per heavy atom. The molecule has 2 atom stereocenters. The molecule has 0 spiro atoms. The van der Waals surface area contributed by atoms with E-state index < -0.39 is 23.8 Å². The summed E-state index contributed by atoms with van der Waals surface area (Å²) in [5.41, 5.74) is 0. The Hall–Kier alpha value is -1.10. The number of ether oxygens (including phenoxy) is 2. The summed E-state index contributed by atoms with van der Waals surface area (Å²) in [6.07, 6.45) is 0.370. The van der Waals surface area contributed by atoms with Gasteiger partial charge in [0.2, 0.25) is 0 Å². The van der Waals surface area contributed by atoms with E-state index in [-0.39, 0.29) is 6.61 Å². The fourth-order valence-corrected chi connectivity index (χ4v) is 1.42. The first kappa shape index (κ1) is 9.98. The first-order valence-electron chi connectivity index (χ1n) is 4.05. The van der Waals surface area contributed by atoms with Crippen LogP contribution in [-0.4, -0.2) is 37.4 Å². The molecule has 0 aromatic carbocycles. The quantitative estimate of drug-likeness (QED) is 0.612. The topological polar surface area (TPSA) is 72.8 Å². The summed E-state index contributed by atoms with van der Waals surface area (Å²) < 4.78 is 9.51. The maximum Gasteiger partial charge on any atom is 0.311 e. The van der Waals surface area contributed by atoms with Gasteiger partial charge in [0.15, 0.2) is 0 Å². The van der Waals surface area contributed by atoms with Crippen LogP contribution in [0.2, 0.25) is 0 Å². The standard InChI is InChI=1S/C8H12O5/c1-12-8(11)6-4-13-3-2-5(6)7(9)10/h5-6H,2-4H2,1H3,(H,9,10).